The minimum absolute atomic E-state index is 0.0553. The van der Waals surface area contributed by atoms with Crippen LogP contribution in [0.3, 0.4) is 0 Å². The van der Waals surface area contributed by atoms with Crippen LogP contribution in [0.4, 0.5) is 10.3 Å². The summed E-state index contributed by atoms with van der Waals surface area (Å²) < 4.78 is 18.3. The predicted molar refractivity (Wildman–Crippen MR) is 120 cm³/mol. The van der Waals surface area contributed by atoms with Gasteiger partial charge < -0.3 is 5.32 Å². The van der Waals surface area contributed by atoms with E-state index in [0.717, 1.165) is 10.1 Å². The van der Waals surface area contributed by atoms with Gasteiger partial charge in [-0.1, -0.05) is 47.5 Å². The molecular weight excluding hydrogens is 444 g/mol. The Bertz CT molecular complexity index is 1400. The molecule has 4 rings (SSSR count). The van der Waals surface area contributed by atoms with E-state index < -0.39 is 17.1 Å². The second-order valence-electron chi connectivity index (χ2n) is 7.04. The Hall–Kier alpha value is -3.10. The fourth-order valence-electron chi connectivity index (χ4n) is 3.39. The number of nitrogens with one attached hydrogen (secondary N) is 1. The molecule has 0 aliphatic rings. The maximum absolute atomic E-state index is 14.5. The molecule has 31 heavy (non-hydrogen) atoms. The minimum atomic E-state index is -0.538. The van der Waals surface area contributed by atoms with Crippen molar-refractivity contribution in [2.75, 3.05) is 5.32 Å². The first-order valence-electron chi connectivity index (χ1n) is 9.36. The molecule has 2 heterocycles. The zero-order valence-corrected chi connectivity index (χ0v) is 18.2. The van der Waals surface area contributed by atoms with Gasteiger partial charge in [0.05, 0.1) is 6.54 Å². The molecular formula is C21H18Cl2FN5O2. The highest BCUT2D eigenvalue weighted by Gasteiger charge is 2.21. The smallest absolute Gasteiger partial charge is 0.332 e. The Morgan fingerprint density at radius 1 is 1.00 bits per heavy atom. The van der Waals surface area contributed by atoms with Gasteiger partial charge in [0.25, 0.3) is 5.56 Å². The van der Waals surface area contributed by atoms with Crippen molar-refractivity contribution < 1.29 is 4.39 Å². The lowest BCUT2D eigenvalue weighted by atomic mass is 10.2. The van der Waals surface area contributed by atoms with E-state index in [-0.39, 0.29) is 34.2 Å². The van der Waals surface area contributed by atoms with Crippen LogP contribution < -0.4 is 16.6 Å². The molecule has 0 bridgehead atoms. The number of aromatic nitrogens is 4. The molecule has 0 atom stereocenters. The number of rotatable bonds is 5. The van der Waals surface area contributed by atoms with Gasteiger partial charge in [0.15, 0.2) is 11.2 Å². The Kier molecular flexibility index (Phi) is 5.60. The topological polar surface area (TPSA) is 73.8 Å². The van der Waals surface area contributed by atoms with E-state index >= 15 is 0 Å². The van der Waals surface area contributed by atoms with Crippen LogP contribution in [0.25, 0.3) is 11.2 Å². The first kappa shape index (κ1) is 21.1. The number of imidazole rings is 1. The van der Waals surface area contributed by atoms with E-state index in [2.05, 4.69) is 10.3 Å². The maximum atomic E-state index is 14.5. The summed E-state index contributed by atoms with van der Waals surface area (Å²) in [6.07, 6.45) is 0. The van der Waals surface area contributed by atoms with E-state index in [1.54, 1.807) is 12.1 Å². The Morgan fingerprint density at radius 3 is 2.42 bits per heavy atom. The van der Waals surface area contributed by atoms with Gasteiger partial charge in [-0.2, -0.15) is 4.98 Å². The zero-order valence-electron chi connectivity index (χ0n) is 16.7. The van der Waals surface area contributed by atoms with E-state index in [9.17, 15) is 14.0 Å². The van der Waals surface area contributed by atoms with Crippen molar-refractivity contribution in [3.05, 3.63) is 90.3 Å². The number of hydrogen-bond acceptors (Lipinski definition) is 4. The van der Waals surface area contributed by atoms with Gasteiger partial charge in [0.2, 0.25) is 5.95 Å². The third-order valence-electron chi connectivity index (χ3n) is 5.12. The van der Waals surface area contributed by atoms with Crippen molar-refractivity contribution >= 4 is 40.3 Å². The quantitative estimate of drug-likeness (QED) is 0.493. The lowest BCUT2D eigenvalue weighted by Crippen LogP contribution is -2.37. The Labute approximate surface area is 186 Å². The average molecular weight is 462 g/mol. The number of aryl methyl sites for hydroxylation is 1. The van der Waals surface area contributed by atoms with Crippen LogP contribution in [0.5, 0.6) is 0 Å². The summed E-state index contributed by atoms with van der Waals surface area (Å²) in [4.78, 5) is 29.8. The number of anilines is 1. The molecule has 0 aliphatic heterocycles. The molecule has 7 nitrogen and oxygen atoms in total. The van der Waals surface area contributed by atoms with E-state index in [4.69, 9.17) is 23.2 Å². The van der Waals surface area contributed by atoms with E-state index in [1.165, 1.54) is 35.4 Å². The monoisotopic (exact) mass is 461 g/mol. The molecule has 0 aliphatic carbocycles. The zero-order chi connectivity index (χ0) is 22.3. The van der Waals surface area contributed by atoms with Crippen molar-refractivity contribution in [1.29, 1.82) is 0 Å². The molecule has 0 saturated heterocycles. The van der Waals surface area contributed by atoms with Crippen molar-refractivity contribution in [2.45, 2.75) is 13.1 Å². The summed E-state index contributed by atoms with van der Waals surface area (Å²) in [5.41, 5.74) is 0.314. The molecule has 1 N–H and O–H groups in total. The SMILES string of the molecule is Cn1c(=O)c2c(nc(NCc3ccccc3Cl)n2Cc2c(F)cccc2Cl)n(C)c1=O. The average Bonchev–Trinajstić information content (AvgIpc) is 3.11. The summed E-state index contributed by atoms with van der Waals surface area (Å²) in [5.74, 6) is -0.222. The van der Waals surface area contributed by atoms with Gasteiger partial charge in [0.1, 0.15) is 5.82 Å². The maximum Gasteiger partial charge on any atom is 0.332 e. The van der Waals surface area contributed by atoms with Crippen LogP contribution in [-0.4, -0.2) is 18.7 Å². The molecule has 4 aromatic rings. The summed E-state index contributed by atoms with van der Waals surface area (Å²) in [6.45, 7) is 0.253. The van der Waals surface area contributed by atoms with Gasteiger partial charge in [-0.25, -0.2) is 9.18 Å². The highest BCUT2D eigenvalue weighted by molar-refractivity contribution is 6.31. The highest BCUT2D eigenvalue weighted by Crippen LogP contribution is 2.25. The molecule has 0 spiro atoms. The largest absolute Gasteiger partial charge is 0.351 e. The summed E-state index contributed by atoms with van der Waals surface area (Å²) >= 11 is 12.5. The molecule has 2 aromatic carbocycles. The number of halogens is 3. The van der Waals surface area contributed by atoms with Crippen LogP contribution in [0, 0.1) is 5.82 Å². The van der Waals surface area contributed by atoms with Crippen molar-refractivity contribution in [3.8, 4) is 0 Å². The van der Waals surface area contributed by atoms with Crippen LogP contribution in [-0.2, 0) is 27.2 Å². The summed E-state index contributed by atoms with van der Waals surface area (Å²) in [6, 6.07) is 11.7. The fraction of sp³-hybridized carbons (Fsp3) is 0.190. The summed E-state index contributed by atoms with van der Waals surface area (Å²) in [7, 11) is 2.91. The molecule has 160 valence electrons. The standard InChI is InChI=1S/C21H18Cl2FN5O2/c1-27-18-17(19(30)28(2)21(27)31)29(11-13-15(23)8-5-9-16(13)24)20(26-18)25-10-12-6-3-4-7-14(12)22/h3-9H,10-11H2,1-2H3,(H,25,26). The second-order valence-corrected chi connectivity index (χ2v) is 7.86. The number of hydrogen-bond donors (Lipinski definition) is 1. The molecule has 0 unspecified atom stereocenters. The van der Waals surface area contributed by atoms with Gasteiger partial charge in [0, 0.05) is 36.2 Å². The predicted octanol–water partition coefficient (Wildman–Crippen LogP) is 3.54. The number of nitrogens with zero attached hydrogens (tertiary/aromatic N) is 4. The van der Waals surface area contributed by atoms with Crippen molar-refractivity contribution in [2.24, 2.45) is 14.1 Å². The molecule has 0 amide bonds. The number of benzene rings is 2. The normalized spacial score (nSPS) is 11.3. The van der Waals surface area contributed by atoms with Crippen LogP contribution in [0.15, 0.2) is 52.1 Å². The van der Waals surface area contributed by atoms with Crippen molar-refractivity contribution in [3.63, 3.8) is 0 Å². The second kappa shape index (κ2) is 8.20. The highest BCUT2D eigenvalue weighted by atomic mass is 35.5. The van der Waals surface area contributed by atoms with Crippen LogP contribution in [0.1, 0.15) is 11.1 Å². The Balaban J connectivity index is 1.90. The molecule has 10 heteroatoms. The van der Waals surface area contributed by atoms with Crippen LogP contribution >= 0.6 is 23.2 Å². The first-order valence-corrected chi connectivity index (χ1v) is 10.1. The third kappa shape index (κ3) is 3.73. The molecule has 2 aromatic heterocycles. The van der Waals surface area contributed by atoms with Gasteiger partial charge in [-0.3, -0.25) is 18.5 Å². The number of fused-ring (bicyclic) bond motifs is 1. The molecule has 0 saturated carbocycles. The summed E-state index contributed by atoms with van der Waals surface area (Å²) in [5, 5.41) is 3.94. The van der Waals surface area contributed by atoms with Crippen molar-refractivity contribution in [1.82, 2.24) is 18.7 Å². The lowest BCUT2D eigenvalue weighted by molar-refractivity contribution is 0.601. The molecule has 0 radical (unpaired) electrons. The third-order valence-corrected chi connectivity index (χ3v) is 5.84. The lowest BCUT2D eigenvalue weighted by Gasteiger charge is -2.13. The first-order chi connectivity index (χ1) is 14.8. The van der Waals surface area contributed by atoms with E-state index in [0.29, 0.717) is 11.6 Å². The van der Waals surface area contributed by atoms with Gasteiger partial charge in [-0.05, 0) is 23.8 Å². The Morgan fingerprint density at radius 2 is 1.71 bits per heavy atom. The molecule has 0 fully saturated rings. The minimum Gasteiger partial charge on any atom is -0.351 e. The van der Waals surface area contributed by atoms with Gasteiger partial charge in [-0.15, -0.1) is 0 Å². The van der Waals surface area contributed by atoms with E-state index in [1.807, 2.05) is 18.2 Å². The fourth-order valence-corrected chi connectivity index (χ4v) is 3.82. The van der Waals surface area contributed by atoms with Gasteiger partial charge >= 0.3 is 5.69 Å². The van der Waals surface area contributed by atoms with Crippen LogP contribution in [0.2, 0.25) is 10.0 Å².